The standard InChI is InChI=1S/C19H26N2/c1-2-3-4-8-15-20-18-11-13-19(14-12-18)21-16-17-9-6-5-7-10-17/h5-7,9-14,20-21H,2-4,8,15-16H2,1H3. The van der Waals surface area contributed by atoms with Crippen LogP contribution in [0, 0.1) is 0 Å². The van der Waals surface area contributed by atoms with Crippen molar-refractivity contribution in [2.75, 3.05) is 17.2 Å². The molecule has 2 rings (SSSR count). The van der Waals surface area contributed by atoms with E-state index < -0.39 is 0 Å². The Morgan fingerprint density at radius 2 is 1.38 bits per heavy atom. The van der Waals surface area contributed by atoms with E-state index in [-0.39, 0.29) is 0 Å². The summed E-state index contributed by atoms with van der Waals surface area (Å²) in [6.45, 7) is 4.18. The maximum atomic E-state index is 3.48. The molecule has 0 spiro atoms. The molecular formula is C19H26N2. The first kappa shape index (κ1) is 15.4. The van der Waals surface area contributed by atoms with Crippen molar-refractivity contribution in [1.29, 1.82) is 0 Å². The Balaban J connectivity index is 1.71. The number of hydrogen-bond donors (Lipinski definition) is 2. The molecule has 0 saturated carbocycles. The maximum Gasteiger partial charge on any atom is 0.0400 e. The molecule has 0 aromatic heterocycles. The first-order chi connectivity index (χ1) is 10.4. The molecule has 0 unspecified atom stereocenters. The van der Waals surface area contributed by atoms with E-state index in [2.05, 4.69) is 66.1 Å². The molecular weight excluding hydrogens is 256 g/mol. The van der Waals surface area contributed by atoms with Gasteiger partial charge in [-0.05, 0) is 36.2 Å². The van der Waals surface area contributed by atoms with E-state index in [1.807, 2.05) is 6.07 Å². The largest absolute Gasteiger partial charge is 0.385 e. The number of nitrogens with one attached hydrogen (secondary N) is 2. The van der Waals surface area contributed by atoms with Crippen molar-refractivity contribution in [3.05, 3.63) is 60.2 Å². The van der Waals surface area contributed by atoms with Gasteiger partial charge in [-0.25, -0.2) is 0 Å². The van der Waals surface area contributed by atoms with Crippen LogP contribution < -0.4 is 10.6 Å². The molecule has 0 bridgehead atoms. The Hall–Kier alpha value is -1.96. The van der Waals surface area contributed by atoms with Gasteiger partial charge in [-0.2, -0.15) is 0 Å². The molecule has 2 heteroatoms. The first-order valence-corrected chi connectivity index (χ1v) is 8.00. The molecule has 0 fully saturated rings. The molecule has 2 nitrogen and oxygen atoms in total. The second-order valence-electron chi connectivity index (χ2n) is 5.40. The first-order valence-electron chi connectivity index (χ1n) is 8.00. The van der Waals surface area contributed by atoms with Crippen LogP contribution in [-0.2, 0) is 6.54 Å². The van der Waals surface area contributed by atoms with Crippen molar-refractivity contribution < 1.29 is 0 Å². The van der Waals surface area contributed by atoms with E-state index in [0.29, 0.717) is 0 Å². The lowest BCUT2D eigenvalue weighted by Gasteiger charge is -2.09. The lowest BCUT2D eigenvalue weighted by molar-refractivity contribution is 0.685. The monoisotopic (exact) mass is 282 g/mol. The van der Waals surface area contributed by atoms with Crippen molar-refractivity contribution in [2.45, 2.75) is 39.2 Å². The Labute approximate surface area is 128 Å². The van der Waals surface area contributed by atoms with Gasteiger partial charge in [0.25, 0.3) is 0 Å². The Morgan fingerprint density at radius 1 is 0.714 bits per heavy atom. The van der Waals surface area contributed by atoms with Gasteiger partial charge in [-0.3, -0.25) is 0 Å². The van der Waals surface area contributed by atoms with Crippen LogP contribution >= 0.6 is 0 Å². The Bertz CT molecular complexity index is 491. The van der Waals surface area contributed by atoms with Gasteiger partial charge in [0.05, 0.1) is 0 Å². The fourth-order valence-electron chi connectivity index (χ4n) is 2.29. The second-order valence-corrected chi connectivity index (χ2v) is 5.40. The summed E-state index contributed by atoms with van der Waals surface area (Å²) < 4.78 is 0. The van der Waals surface area contributed by atoms with Gasteiger partial charge in [-0.1, -0.05) is 56.5 Å². The van der Waals surface area contributed by atoms with Crippen LogP contribution in [0.4, 0.5) is 11.4 Å². The predicted molar refractivity (Wildman–Crippen MR) is 92.8 cm³/mol. The summed E-state index contributed by atoms with van der Waals surface area (Å²) in [5, 5.41) is 6.92. The highest BCUT2D eigenvalue weighted by Gasteiger charge is 1.95. The van der Waals surface area contributed by atoms with Crippen LogP contribution in [-0.4, -0.2) is 6.54 Å². The fourth-order valence-corrected chi connectivity index (χ4v) is 2.29. The SMILES string of the molecule is CCCCCCNc1ccc(NCc2ccccc2)cc1. The summed E-state index contributed by atoms with van der Waals surface area (Å²) in [6.07, 6.45) is 5.20. The smallest absolute Gasteiger partial charge is 0.0400 e. The van der Waals surface area contributed by atoms with Gasteiger partial charge in [0, 0.05) is 24.5 Å². The zero-order valence-corrected chi connectivity index (χ0v) is 12.9. The van der Waals surface area contributed by atoms with Crippen LogP contribution in [0.3, 0.4) is 0 Å². The minimum atomic E-state index is 0.866. The van der Waals surface area contributed by atoms with E-state index in [4.69, 9.17) is 0 Å². The average Bonchev–Trinajstić information content (AvgIpc) is 2.55. The molecule has 0 amide bonds. The van der Waals surface area contributed by atoms with Crippen LogP contribution in [0.5, 0.6) is 0 Å². The van der Waals surface area contributed by atoms with Crippen molar-refractivity contribution >= 4 is 11.4 Å². The van der Waals surface area contributed by atoms with E-state index in [0.717, 1.165) is 18.8 Å². The van der Waals surface area contributed by atoms with Crippen LogP contribution in [0.25, 0.3) is 0 Å². The highest BCUT2D eigenvalue weighted by atomic mass is 14.9. The van der Waals surface area contributed by atoms with Crippen LogP contribution in [0.15, 0.2) is 54.6 Å². The number of hydrogen-bond acceptors (Lipinski definition) is 2. The van der Waals surface area contributed by atoms with Gasteiger partial charge >= 0.3 is 0 Å². The summed E-state index contributed by atoms with van der Waals surface area (Å²) >= 11 is 0. The molecule has 0 aliphatic carbocycles. The summed E-state index contributed by atoms with van der Waals surface area (Å²) in [6, 6.07) is 19.0. The van der Waals surface area contributed by atoms with Gasteiger partial charge in [-0.15, -0.1) is 0 Å². The molecule has 0 radical (unpaired) electrons. The van der Waals surface area contributed by atoms with E-state index >= 15 is 0 Å². The van der Waals surface area contributed by atoms with Gasteiger partial charge < -0.3 is 10.6 Å². The second kappa shape index (κ2) is 9.06. The van der Waals surface area contributed by atoms with E-state index in [1.54, 1.807) is 0 Å². The van der Waals surface area contributed by atoms with Gasteiger partial charge in [0.2, 0.25) is 0 Å². The molecule has 0 saturated heterocycles. The number of anilines is 2. The van der Waals surface area contributed by atoms with Crippen molar-refractivity contribution in [1.82, 2.24) is 0 Å². The van der Waals surface area contributed by atoms with Gasteiger partial charge in [0.15, 0.2) is 0 Å². The van der Waals surface area contributed by atoms with Crippen LogP contribution in [0.1, 0.15) is 38.2 Å². The normalized spacial score (nSPS) is 10.3. The van der Waals surface area contributed by atoms with Crippen molar-refractivity contribution in [3.8, 4) is 0 Å². The molecule has 2 aromatic rings. The summed E-state index contributed by atoms with van der Waals surface area (Å²) in [4.78, 5) is 0. The minimum absolute atomic E-state index is 0.866. The highest BCUT2D eigenvalue weighted by Crippen LogP contribution is 2.15. The lowest BCUT2D eigenvalue weighted by Crippen LogP contribution is -2.02. The molecule has 0 atom stereocenters. The van der Waals surface area contributed by atoms with Crippen LogP contribution in [0.2, 0.25) is 0 Å². The highest BCUT2D eigenvalue weighted by molar-refractivity contribution is 5.53. The third-order valence-electron chi connectivity index (χ3n) is 3.58. The number of unbranched alkanes of at least 4 members (excludes halogenated alkanes) is 3. The van der Waals surface area contributed by atoms with Gasteiger partial charge in [0.1, 0.15) is 0 Å². The molecule has 0 aliphatic rings. The summed E-state index contributed by atoms with van der Waals surface area (Å²) in [7, 11) is 0. The maximum absolute atomic E-state index is 3.48. The van der Waals surface area contributed by atoms with E-state index in [1.165, 1.54) is 36.9 Å². The fraction of sp³-hybridized carbons (Fsp3) is 0.368. The topological polar surface area (TPSA) is 24.1 Å². The molecule has 2 N–H and O–H groups in total. The zero-order valence-electron chi connectivity index (χ0n) is 12.9. The minimum Gasteiger partial charge on any atom is -0.385 e. The Morgan fingerprint density at radius 3 is 2.05 bits per heavy atom. The average molecular weight is 282 g/mol. The Kier molecular flexibility index (Phi) is 6.66. The molecule has 112 valence electrons. The molecule has 2 aromatic carbocycles. The zero-order chi connectivity index (χ0) is 14.8. The lowest BCUT2D eigenvalue weighted by atomic mass is 10.2. The quantitative estimate of drug-likeness (QED) is 0.610. The number of benzene rings is 2. The molecule has 0 aliphatic heterocycles. The third kappa shape index (κ3) is 5.90. The molecule has 21 heavy (non-hydrogen) atoms. The molecule has 0 heterocycles. The van der Waals surface area contributed by atoms with Crippen molar-refractivity contribution in [3.63, 3.8) is 0 Å². The van der Waals surface area contributed by atoms with E-state index in [9.17, 15) is 0 Å². The number of rotatable bonds is 9. The summed E-state index contributed by atoms with van der Waals surface area (Å²) in [5.74, 6) is 0. The van der Waals surface area contributed by atoms with Crippen molar-refractivity contribution in [2.24, 2.45) is 0 Å². The predicted octanol–water partition coefficient (Wildman–Crippen LogP) is 5.29. The third-order valence-corrected chi connectivity index (χ3v) is 3.58. The summed E-state index contributed by atoms with van der Waals surface area (Å²) in [5.41, 5.74) is 3.67.